The number of hydrogen-bond donors (Lipinski definition) is 2. The van der Waals surface area contributed by atoms with E-state index in [0.717, 1.165) is 29.9 Å². The molecule has 1 atom stereocenters. The average Bonchev–Trinajstić information content (AvgIpc) is 2.94. The molecule has 3 heterocycles. The third-order valence-corrected chi connectivity index (χ3v) is 3.86. The van der Waals surface area contributed by atoms with Crippen molar-refractivity contribution in [3.8, 4) is 0 Å². The molecular weight excluding hydrogens is 240 g/mol. The molecule has 6 nitrogen and oxygen atoms in total. The lowest BCUT2D eigenvalue weighted by Gasteiger charge is -2.36. The van der Waals surface area contributed by atoms with Gasteiger partial charge in [-0.2, -0.15) is 9.97 Å². The fourth-order valence-electron chi connectivity index (χ4n) is 2.84. The zero-order valence-electron chi connectivity index (χ0n) is 11.5. The van der Waals surface area contributed by atoms with Crippen molar-refractivity contribution in [3.05, 3.63) is 6.33 Å². The van der Waals surface area contributed by atoms with Crippen LogP contribution < -0.4 is 10.2 Å². The molecule has 2 aromatic heterocycles. The van der Waals surface area contributed by atoms with E-state index in [1.54, 1.807) is 6.33 Å². The van der Waals surface area contributed by atoms with Crippen molar-refractivity contribution in [2.24, 2.45) is 0 Å². The number of nitrogens with one attached hydrogen (secondary N) is 2. The summed E-state index contributed by atoms with van der Waals surface area (Å²) in [6.45, 7) is 3.31. The molecule has 0 amide bonds. The van der Waals surface area contributed by atoms with Crippen molar-refractivity contribution in [1.82, 2.24) is 19.9 Å². The SMILES string of the molecule is CCC1CCCCN1c1nc(NC)nc2nc[nH]c12. The topological polar surface area (TPSA) is 69.7 Å². The molecule has 6 heteroatoms. The lowest BCUT2D eigenvalue weighted by molar-refractivity contribution is 0.447. The van der Waals surface area contributed by atoms with E-state index in [9.17, 15) is 0 Å². The Morgan fingerprint density at radius 2 is 2.32 bits per heavy atom. The Balaban J connectivity index is 2.08. The van der Waals surface area contributed by atoms with Gasteiger partial charge in [0, 0.05) is 19.6 Å². The number of aromatic amines is 1. The average molecular weight is 260 g/mol. The second-order valence-electron chi connectivity index (χ2n) is 4.97. The van der Waals surface area contributed by atoms with Crippen molar-refractivity contribution in [2.75, 3.05) is 23.8 Å². The van der Waals surface area contributed by atoms with Gasteiger partial charge in [0.1, 0.15) is 5.52 Å². The first-order valence-electron chi connectivity index (χ1n) is 6.99. The summed E-state index contributed by atoms with van der Waals surface area (Å²) in [5.41, 5.74) is 1.68. The molecule has 102 valence electrons. The van der Waals surface area contributed by atoms with Gasteiger partial charge in [-0.1, -0.05) is 6.92 Å². The molecule has 3 rings (SSSR count). The van der Waals surface area contributed by atoms with Gasteiger partial charge in [-0.3, -0.25) is 0 Å². The Morgan fingerprint density at radius 3 is 3.11 bits per heavy atom. The molecule has 2 N–H and O–H groups in total. The van der Waals surface area contributed by atoms with Crippen molar-refractivity contribution >= 4 is 22.9 Å². The van der Waals surface area contributed by atoms with Gasteiger partial charge in [-0.15, -0.1) is 0 Å². The second-order valence-corrected chi connectivity index (χ2v) is 4.97. The first-order valence-corrected chi connectivity index (χ1v) is 6.99. The fourth-order valence-corrected chi connectivity index (χ4v) is 2.84. The first-order chi connectivity index (χ1) is 9.33. The van der Waals surface area contributed by atoms with Crippen LogP contribution >= 0.6 is 0 Å². The summed E-state index contributed by atoms with van der Waals surface area (Å²) in [5, 5.41) is 3.02. The molecule has 1 aliphatic rings. The monoisotopic (exact) mass is 260 g/mol. The standard InChI is InChI=1S/C13H20N6/c1-3-9-6-4-5-7-19(9)12-10-11(16-8-15-10)17-13(14-2)18-12/h8-9H,3-7H2,1-2H3,(H2,14,15,16,17,18). The maximum atomic E-state index is 4.65. The maximum absolute atomic E-state index is 4.65. The lowest BCUT2D eigenvalue weighted by Crippen LogP contribution is -2.40. The fraction of sp³-hybridized carbons (Fsp3) is 0.615. The van der Waals surface area contributed by atoms with Crippen molar-refractivity contribution in [1.29, 1.82) is 0 Å². The van der Waals surface area contributed by atoms with Gasteiger partial charge in [0.05, 0.1) is 6.33 Å². The molecule has 0 spiro atoms. The minimum atomic E-state index is 0.569. The number of hydrogen-bond acceptors (Lipinski definition) is 5. The first kappa shape index (κ1) is 12.2. The highest BCUT2D eigenvalue weighted by atomic mass is 15.3. The summed E-state index contributed by atoms with van der Waals surface area (Å²) in [4.78, 5) is 18.9. The summed E-state index contributed by atoms with van der Waals surface area (Å²) in [6.07, 6.45) is 6.61. The Morgan fingerprint density at radius 1 is 1.42 bits per heavy atom. The second kappa shape index (κ2) is 5.03. The number of anilines is 2. The Kier molecular flexibility index (Phi) is 3.23. The largest absolute Gasteiger partial charge is 0.357 e. The third kappa shape index (κ3) is 2.11. The summed E-state index contributed by atoms with van der Waals surface area (Å²) >= 11 is 0. The number of rotatable bonds is 3. The highest BCUT2D eigenvalue weighted by Gasteiger charge is 2.25. The normalized spacial score (nSPS) is 19.9. The summed E-state index contributed by atoms with van der Waals surface area (Å²) in [6, 6.07) is 0.569. The van der Waals surface area contributed by atoms with E-state index in [2.05, 4.69) is 37.1 Å². The molecule has 19 heavy (non-hydrogen) atoms. The van der Waals surface area contributed by atoms with Crippen LogP contribution in [0.5, 0.6) is 0 Å². The van der Waals surface area contributed by atoms with Crippen LogP contribution in [0.4, 0.5) is 11.8 Å². The van der Waals surface area contributed by atoms with E-state index in [1.807, 2.05) is 7.05 Å². The van der Waals surface area contributed by atoms with E-state index in [4.69, 9.17) is 0 Å². The van der Waals surface area contributed by atoms with Crippen LogP contribution in [-0.2, 0) is 0 Å². The molecule has 2 aromatic rings. The number of nitrogens with zero attached hydrogens (tertiary/aromatic N) is 4. The molecule has 1 unspecified atom stereocenters. The predicted octanol–water partition coefficient (Wildman–Crippen LogP) is 2.16. The number of aromatic nitrogens is 4. The molecule has 0 bridgehead atoms. The van der Waals surface area contributed by atoms with Crippen molar-refractivity contribution in [2.45, 2.75) is 38.6 Å². The molecule has 0 saturated carbocycles. The Bertz CT molecular complexity index is 563. The van der Waals surface area contributed by atoms with Crippen LogP contribution in [0.1, 0.15) is 32.6 Å². The van der Waals surface area contributed by atoms with E-state index >= 15 is 0 Å². The smallest absolute Gasteiger partial charge is 0.226 e. The van der Waals surface area contributed by atoms with Crippen LogP contribution in [0.15, 0.2) is 6.33 Å². The minimum absolute atomic E-state index is 0.569. The number of imidazole rings is 1. The highest BCUT2D eigenvalue weighted by molar-refractivity contribution is 5.84. The molecule has 0 aromatic carbocycles. The van der Waals surface area contributed by atoms with Gasteiger partial charge in [-0.05, 0) is 25.7 Å². The number of piperidine rings is 1. The van der Waals surface area contributed by atoms with E-state index in [0.29, 0.717) is 12.0 Å². The predicted molar refractivity (Wildman–Crippen MR) is 76.5 cm³/mol. The quantitative estimate of drug-likeness (QED) is 0.885. The van der Waals surface area contributed by atoms with E-state index in [1.165, 1.54) is 19.3 Å². The minimum Gasteiger partial charge on any atom is -0.357 e. The third-order valence-electron chi connectivity index (χ3n) is 3.86. The van der Waals surface area contributed by atoms with Gasteiger partial charge in [0.15, 0.2) is 11.5 Å². The molecule has 1 aliphatic heterocycles. The van der Waals surface area contributed by atoms with Gasteiger partial charge in [0.25, 0.3) is 0 Å². The molecular formula is C13H20N6. The van der Waals surface area contributed by atoms with Crippen LogP contribution in [0.3, 0.4) is 0 Å². The van der Waals surface area contributed by atoms with Crippen molar-refractivity contribution in [3.63, 3.8) is 0 Å². The van der Waals surface area contributed by atoms with Crippen LogP contribution in [-0.4, -0.2) is 39.6 Å². The number of H-pyrrole nitrogens is 1. The number of fused-ring (bicyclic) bond motifs is 1. The molecule has 0 aliphatic carbocycles. The van der Waals surface area contributed by atoms with Gasteiger partial charge >= 0.3 is 0 Å². The molecule has 1 fully saturated rings. The van der Waals surface area contributed by atoms with Gasteiger partial charge < -0.3 is 15.2 Å². The van der Waals surface area contributed by atoms with Gasteiger partial charge in [-0.25, -0.2) is 4.98 Å². The summed E-state index contributed by atoms with van der Waals surface area (Å²) in [7, 11) is 1.84. The maximum Gasteiger partial charge on any atom is 0.226 e. The van der Waals surface area contributed by atoms with Crippen LogP contribution in [0.2, 0.25) is 0 Å². The molecule has 0 radical (unpaired) electrons. The Hall–Kier alpha value is -1.85. The highest BCUT2D eigenvalue weighted by Crippen LogP contribution is 2.29. The zero-order valence-corrected chi connectivity index (χ0v) is 11.5. The summed E-state index contributed by atoms with van der Waals surface area (Å²) < 4.78 is 0. The molecule has 1 saturated heterocycles. The lowest BCUT2D eigenvalue weighted by atomic mass is 10.00. The zero-order chi connectivity index (χ0) is 13.2. The Labute approximate surface area is 112 Å². The van der Waals surface area contributed by atoms with E-state index < -0.39 is 0 Å². The van der Waals surface area contributed by atoms with Crippen molar-refractivity contribution < 1.29 is 0 Å². The summed E-state index contributed by atoms with van der Waals surface area (Å²) in [5.74, 6) is 1.62. The van der Waals surface area contributed by atoms with E-state index in [-0.39, 0.29) is 0 Å². The van der Waals surface area contributed by atoms with Crippen LogP contribution in [0.25, 0.3) is 11.2 Å². The van der Waals surface area contributed by atoms with Gasteiger partial charge in [0.2, 0.25) is 5.95 Å². The van der Waals surface area contributed by atoms with Crippen LogP contribution in [0, 0.1) is 0 Å².